The van der Waals surface area contributed by atoms with Crippen molar-refractivity contribution in [1.82, 2.24) is 0 Å². The molecular weight excluding hydrogens is 288 g/mol. The molecular formula is C20H30O3. The molecule has 3 heteroatoms. The fourth-order valence-electron chi connectivity index (χ4n) is 5.55. The molecule has 2 saturated carbocycles. The summed E-state index contributed by atoms with van der Waals surface area (Å²) in [4.78, 5) is 0. The van der Waals surface area contributed by atoms with Gasteiger partial charge in [0.05, 0.1) is 12.5 Å². The van der Waals surface area contributed by atoms with E-state index in [9.17, 15) is 10.2 Å². The molecule has 3 nitrogen and oxygen atoms in total. The molecule has 2 aliphatic rings. The smallest absolute Gasteiger partial charge is 0.0934 e. The normalized spacial score (nSPS) is 37.6. The maximum Gasteiger partial charge on any atom is 0.0934 e. The summed E-state index contributed by atoms with van der Waals surface area (Å²) in [6, 6.07) is 2.02. The molecule has 0 saturated heterocycles. The first-order valence-electron chi connectivity index (χ1n) is 8.96. The fraction of sp³-hybridized carbons (Fsp3) is 0.700. The maximum atomic E-state index is 10.4. The Balaban J connectivity index is 1.87. The second-order valence-electron chi connectivity index (χ2n) is 8.03. The van der Waals surface area contributed by atoms with Crippen LogP contribution in [0.3, 0.4) is 0 Å². The third-order valence-corrected chi connectivity index (χ3v) is 6.82. The van der Waals surface area contributed by atoms with Gasteiger partial charge in [-0.25, -0.2) is 0 Å². The third-order valence-electron chi connectivity index (χ3n) is 6.82. The Morgan fingerprint density at radius 1 is 1.30 bits per heavy atom. The summed E-state index contributed by atoms with van der Waals surface area (Å²) in [7, 11) is 0. The van der Waals surface area contributed by atoms with Crippen molar-refractivity contribution >= 4 is 0 Å². The van der Waals surface area contributed by atoms with Gasteiger partial charge >= 0.3 is 0 Å². The van der Waals surface area contributed by atoms with Gasteiger partial charge in [-0.2, -0.15) is 0 Å². The van der Waals surface area contributed by atoms with Gasteiger partial charge < -0.3 is 14.6 Å². The van der Waals surface area contributed by atoms with Gasteiger partial charge in [0.15, 0.2) is 0 Å². The highest BCUT2D eigenvalue weighted by molar-refractivity contribution is 5.18. The number of hydrogen-bond donors (Lipinski definition) is 2. The third kappa shape index (κ3) is 2.78. The molecule has 0 aliphatic heterocycles. The van der Waals surface area contributed by atoms with E-state index in [0.29, 0.717) is 11.8 Å². The minimum absolute atomic E-state index is 0.0600. The number of aliphatic hydroxyl groups is 2. The van der Waals surface area contributed by atoms with Gasteiger partial charge in [0.1, 0.15) is 0 Å². The molecule has 0 aromatic carbocycles. The minimum atomic E-state index is -0.102. The van der Waals surface area contributed by atoms with E-state index in [4.69, 9.17) is 4.42 Å². The zero-order valence-corrected chi connectivity index (χ0v) is 14.3. The first-order valence-corrected chi connectivity index (χ1v) is 8.96. The molecule has 4 atom stereocenters. The van der Waals surface area contributed by atoms with Crippen molar-refractivity contribution in [2.45, 2.75) is 51.9 Å². The summed E-state index contributed by atoms with van der Waals surface area (Å²) in [5.41, 5.74) is 2.35. The highest BCUT2D eigenvalue weighted by atomic mass is 16.3. The fourth-order valence-corrected chi connectivity index (χ4v) is 5.55. The lowest BCUT2D eigenvalue weighted by Crippen LogP contribution is -2.55. The van der Waals surface area contributed by atoms with E-state index >= 15 is 0 Å². The average molecular weight is 318 g/mol. The van der Waals surface area contributed by atoms with Gasteiger partial charge in [-0.15, -0.1) is 0 Å². The average Bonchev–Trinajstić information content (AvgIpc) is 3.07. The summed E-state index contributed by atoms with van der Waals surface area (Å²) >= 11 is 0. The molecule has 1 heterocycles. The van der Waals surface area contributed by atoms with Crippen molar-refractivity contribution in [1.29, 1.82) is 0 Å². The Bertz CT molecular complexity index is 535. The standard InChI is InChI=1S/C20H30O3/c1-15-4-7-18-19(2,13-21)9-3-10-20(18,14-22)17(15)6-5-16-8-11-23-12-16/h8,11-12,17-18,21-22H,1,3-7,9-10,13-14H2,2H3/t17-,18?,19+,20-/m1/s1. The molecule has 0 amide bonds. The van der Waals surface area contributed by atoms with Crippen LogP contribution in [0.1, 0.15) is 51.0 Å². The molecule has 2 N–H and O–H groups in total. The number of aliphatic hydroxyl groups excluding tert-OH is 2. The lowest BCUT2D eigenvalue weighted by Gasteiger charge is -2.59. The van der Waals surface area contributed by atoms with Crippen LogP contribution in [0.15, 0.2) is 35.2 Å². The first-order chi connectivity index (χ1) is 11.1. The topological polar surface area (TPSA) is 53.6 Å². The molecule has 128 valence electrons. The van der Waals surface area contributed by atoms with E-state index in [-0.39, 0.29) is 24.0 Å². The lowest BCUT2D eigenvalue weighted by atomic mass is 9.46. The molecule has 3 rings (SSSR count). The zero-order valence-electron chi connectivity index (χ0n) is 14.3. The van der Waals surface area contributed by atoms with Crippen LogP contribution >= 0.6 is 0 Å². The highest BCUT2D eigenvalue weighted by Crippen LogP contribution is 2.61. The van der Waals surface area contributed by atoms with Crippen molar-refractivity contribution in [2.24, 2.45) is 22.7 Å². The Kier molecular flexibility index (Phi) is 4.70. The van der Waals surface area contributed by atoms with E-state index in [1.54, 1.807) is 6.26 Å². The van der Waals surface area contributed by atoms with Crippen LogP contribution in [-0.2, 0) is 6.42 Å². The molecule has 1 unspecified atom stereocenters. The second-order valence-corrected chi connectivity index (χ2v) is 8.03. The van der Waals surface area contributed by atoms with Crippen molar-refractivity contribution in [3.8, 4) is 0 Å². The highest BCUT2D eigenvalue weighted by Gasteiger charge is 2.56. The molecule has 23 heavy (non-hydrogen) atoms. The Morgan fingerprint density at radius 2 is 2.13 bits per heavy atom. The predicted octanol–water partition coefficient (Wildman–Crippen LogP) is 3.96. The van der Waals surface area contributed by atoms with Crippen LogP contribution in [0.2, 0.25) is 0 Å². The Hall–Kier alpha value is -1.06. The number of aryl methyl sites for hydroxylation is 1. The minimum Gasteiger partial charge on any atom is -0.472 e. The lowest BCUT2D eigenvalue weighted by molar-refractivity contribution is -0.120. The van der Waals surface area contributed by atoms with Crippen molar-refractivity contribution in [2.75, 3.05) is 13.2 Å². The molecule has 1 aromatic rings. The van der Waals surface area contributed by atoms with E-state index < -0.39 is 0 Å². The zero-order chi connectivity index (χ0) is 16.5. The van der Waals surface area contributed by atoms with E-state index in [1.165, 1.54) is 11.1 Å². The number of furan rings is 1. The van der Waals surface area contributed by atoms with Gasteiger partial charge in [-0.3, -0.25) is 0 Å². The van der Waals surface area contributed by atoms with Crippen molar-refractivity contribution < 1.29 is 14.6 Å². The van der Waals surface area contributed by atoms with Crippen LogP contribution in [0.4, 0.5) is 0 Å². The van der Waals surface area contributed by atoms with Crippen LogP contribution in [-0.4, -0.2) is 23.4 Å². The Morgan fingerprint density at radius 3 is 2.78 bits per heavy atom. The van der Waals surface area contributed by atoms with Crippen LogP contribution in [0.5, 0.6) is 0 Å². The van der Waals surface area contributed by atoms with Crippen molar-refractivity contribution in [3.05, 3.63) is 36.3 Å². The van der Waals surface area contributed by atoms with Crippen LogP contribution < -0.4 is 0 Å². The van der Waals surface area contributed by atoms with E-state index in [1.807, 2.05) is 12.3 Å². The summed E-state index contributed by atoms with van der Waals surface area (Å²) in [5.74, 6) is 0.728. The van der Waals surface area contributed by atoms with Gasteiger partial charge in [0, 0.05) is 18.6 Å². The van der Waals surface area contributed by atoms with E-state index in [2.05, 4.69) is 13.5 Å². The molecule has 0 bridgehead atoms. The Labute approximate surface area is 139 Å². The molecule has 1 aromatic heterocycles. The number of allylic oxidation sites excluding steroid dienone is 1. The summed E-state index contributed by atoms with van der Waals surface area (Å²) in [5, 5.41) is 20.4. The molecule has 2 aliphatic carbocycles. The number of hydrogen-bond acceptors (Lipinski definition) is 3. The monoisotopic (exact) mass is 318 g/mol. The maximum absolute atomic E-state index is 10.4. The SMILES string of the molecule is C=C1CCC2[C@](C)(CO)CCC[C@@]2(CO)[C@@H]1CCc1ccoc1. The number of fused-ring (bicyclic) bond motifs is 1. The second kappa shape index (κ2) is 6.45. The first kappa shape index (κ1) is 16.8. The van der Waals surface area contributed by atoms with Gasteiger partial charge in [0.25, 0.3) is 0 Å². The summed E-state index contributed by atoms with van der Waals surface area (Å²) in [6.45, 7) is 7.00. The number of rotatable bonds is 5. The summed E-state index contributed by atoms with van der Waals surface area (Å²) < 4.78 is 5.18. The molecule has 0 radical (unpaired) electrons. The molecule has 0 spiro atoms. The van der Waals surface area contributed by atoms with Gasteiger partial charge in [0.2, 0.25) is 0 Å². The van der Waals surface area contributed by atoms with Gasteiger partial charge in [-0.1, -0.05) is 25.5 Å². The van der Waals surface area contributed by atoms with Crippen LogP contribution in [0.25, 0.3) is 0 Å². The summed E-state index contributed by atoms with van der Waals surface area (Å²) in [6.07, 6.45) is 10.8. The predicted molar refractivity (Wildman–Crippen MR) is 90.9 cm³/mol. The van der Waals surface area contributed by atoms with E-state index in [0.717, 1.165) is 44.9 Å². The van der Waals surface area contributed by atoms with Crippen molar-refractivity contribution in [3.63, 3.8) is 0 Å². The quantitative estimate of drug-likeness (QED) is 0.808. The van der Waals surface area contributed by atoms with Gasteiger partial charge in [-0.05, 0) is 67.4 Å². The largest absolute Gasteiger partial charge is 0.472 e. The molecule has 2 fully saturated rings. The van der Waals surface area contributed by atoms with Crippen LogP contribution in [0, 0.1) is 22.7 Å².